The molecule has 1 aromatic heterocycles. The number of nitrogens with zero attached hydrogens (tertiary/aromatic N) is 1. The van der Waals surface area contributed by atoms with Gasteiger partial charge in [0.25, 0.3) is 0 Å². The third kappa shape index (κ3) is 2.19. The maximum atomic E-state index is 14.1. The van der Waals surface area contributed by atoms with Crippen molar-refractivity contribution in [3.05, 3.63) is 28.5 Å². The molecule has 1 N–H and O–H groups in total. The molecule has 0 aliphatic heterocycles. The first kappa shape index (κ1) is 14.1. The molecular weight excluding hydrogens is 298 g/mol. The molecule has 1 fully saturated rings. The second-order valence-corrected chi connectivity index (χ2v) is 7.03. The summed E-state index contributed by atoms with van der Waals surface area (Å²) in [7, 11) is 0. The van der Waals surface area contributed by atoms with Crippen LogP contribution < -0.4 is 0 Å². The minimum absolute atomic E-state index is 0.0894. The fraction of sp³-hybridized carbons (Fsp3) is 0.500. The number of halogens is 2. The van der Waals surface area contributed by atoms with Gasteiger partial charge in [-0.2, -0.15) is 11.8 Å². The van der Waals surface area contributed by atoms with Crippen molar-refractivity contribution in [2.75, 3.05) is 6.26 Å². The fourth-order valence-corrected chi connectivity index (χ4v) is 4.29. The number of thioether (sulfide) groups is 1. The number of imidazole rings is 1. The lowest BCUT2D eigenvalue weighted by Gasteiger charge is -2.27. The minimum atomic E-state index is -0.829. The number of rotatable bonds is 3. The molecule has 108 valence electrons. The van der Waals surface area contributed by atoms with Crippen LogP contribution in [0.15, 0.2) is 12.1 Å². The third-order valence-electron chi connectivity index (χ3n) is 4.22. The number of fused-ring (bicyclic) bond motifs is 1. The summed E-state index contributed by atoms with van der Waals surface area (Å²) in [4.78, 5) is 2.97. The molecule has 3 rings (SSSR count). The summed E-state index contributed by atoms with van der Waals surface area (Å²) in [5, 5.41) is 0. The van der Waals surface area contributed by atoms with Crippen molar-refractivity contribution in [2.24, 2.45) is 0 Å². The van der Waals surface area contributed by atoms with Crippen LogP contribution in [0.25, 0.3) is 11.0 Å². The molecule has 0 spiro atoms. The fourth-order valence-electron chi connectivity index (χ4n) is 3.07. The van der Waals surface area contributed by atoms with Crippen molar-refractivity contribution in [1.82, 2.24) is 9.55 Å². The Morgan fingerprint density at radius 2 is 2.05 bits per heavy atom. The van der Waals surface area contributed by atoms with Crippen molar-refractivity contribution in [3.63, 3.8) is 0 Å². The van der Waals surface area contributed by atoms with Crippen LogP contribution in [0.2, 0.25) is 0 Å². The number of benzene rings is 1. The monoisotopic (exact) mass is 314 g/mol. The van der Waals surface area contributed by atoms with E-state index in [-0.39, 0.29) is 10.3 Å². The van der Waals surface area contributed by atoms with E-state index in [4.69, 9.17) is 12.2 Å². The molecule has 1 heterocycles. The number of aromatic nitrogens is 2. The number of H-pyrrole nitrogens is 1. The van der Waals surface area contributed by atoms with Crippen LogP contribution in [0.5, 0.6) is 0 Å². The van der Waals surface area contributed by atoms with Crippen molar-refractivity contribution in [3.8, 4) is 0 Å². The van der Waals surface area contributed by atoms with E-state index >= 15 is 0 Å². The molecule has 20 heavy (non-hydrogen) atoms. The standard InChI is InChI=1S/C14H16F2N2S2/c1-20-14(6-2-3-7-14)8-18-12-10(17-13(18)19)5-4-9(15)11(12)16/h4-5H,2-3,6-8H2,1H3,(H,17,19). The topological polar surface area (TPSA) is 20.7 Å². The Bertz CT molecular complexity index is 699. The van der Waals surface area contributed by atoms with Gasteiger partial charge < -0.3 is 9.55 Å². The molecule has 0 radical (unpaired) electrons. The van der Waals surface area contributed by atoms with Gasteiger partial charge in [-0.3, -0.25) is 0 Å². The van der Waals surface area contributed by atoms with Crippen molar-refractivity contribution < 1.29 is 8.78 Å². The van der Waals surface area contributed by atoms with Crippen LogP contribution >= 0.6 is 24.0 Å². The maximum absolute atomic E-state index is 14.1. The number of hydrogen-bond donors (Lipinski definition) is 1. The highest BCUT2D eigenvalue weighted by Gasteiger charge is 2.34. The molecule has 1 aromatic carbocycles. The maximum Gasteiger partial charge on any atom is 0.184 e. The number of hydrogen-bond acceptors (Lipinski definition) is 2. The van der Waals surface area contributed by atoms with Gasteiger partial charge in [0.15, 0.2) is 16.4 Å². The van der Waals surface area contributed by atoms with Gasteiger partial charge in [0.1, 0.15) is 5.52 Å². The summed E-state index contributed by atoms with van der Waals surface area (Å²) in [6.07, 6.45) is 6.65. The van der Waals surface area contributed by atoms with E-state index in [0.29, 0.717) is 16.8 Å². The lowest BCUT2D eigenvalue weighted by Crippen LogP contribution is -2.27. The van der Waals surface area contributed by atoms with Crippen molar-refractivity contribution in [2.45, 2.75) is 37.0 Å². The van der Waals surface area contributed by atoms with Crippen molar-refractivity contribution in [1.29, 1.82) is 0 Å². The van der Waals surface area contributed by atoms with E-state index in [9.17, 15) is 8.78 Å². The lowest BCUT2D eigenvalue weighted by atomic mass is 10.1. The van der Waals surface area contributed by atoms with Gasteiger partial charge >= 0.3 is 0 Å². The van der Waals surface area contributed by atoms with E-state index < -0.39 is 11.6 Å². The van der Waals surface area contributed by atoms with Crippen LogP contribution in [0.3, 0.4) is 0 Å². The largest absolute Gasteiger partial charge is 0.330 e. The van der Waals surface area contributed by atoms with Crippen molar-refractivity contribution >= 4 is 35.0 Å². The Labute approximate surface area is 125 Å². The van der Waals surface area contributed by atoms with Crippen LogP contribution in [-0.2, 0) is 6.54 Å². The molecule has 0 unspecified atom stereocenters. The van der Waals surface area contributed by atoms with Crippen LogP contribution in [-0.4, -0.2) is 20.6 Å². The van der Waals surface area contributed by atoms with E-state index in [1.54, 1.807) is 10.6 Å². The highest BCUT2D eigenvalue weighted by atomic mass is 32.2. The van der Waals surface area contributed by atoms with Gasteiger partial charge in [0, 0.05) is 11.3 Å². The summed E-state index contributed by atoms with van der Waals surface area (Å²) < 4.78 is 29.9. The van der Waals surface area contributed by atoms with E-state index in [2.05, 4.69) is 11.2 Å². The molecule has 2 aromatic rings. The Kier molecular flexibility index (Phi) is 3.62. The molecule has 1 saturated carbocycles. The summed E-state index contributed by atoms with van der Waals surface area (Å²) in [6.45, 7) is 0.632. The first-order valence-corrected chi connectivity index (χ1v) is 8.31. The molecule has 0 bridgehead atoms. The first-order valence-electron chi connectivity index (χ1n) is 6.68. The zero-order valence-electron chi connectivity index (χ0n) is 11.2. The smallest absolute Gasteiger partial charge is 0.184 e. The summed E-state index contributed by atoms with van der Waals surface area (Å²) in [6, 6.07) is 2.67. The molecular formula is C14H16F2N2S2. The average molecular weight is 314 g/mol. The van der Waals surface area contributed by atoms with Gasteiger partial charge in [0.2, 0.25) is 0 Å². The Balaban J connectivity index is 2.13. The number of nitrogens with one attached hydrogen (secondary N) is 1. The highest BCUT2D eigenvalue weighted by Crippen LogP contribution is 2.42. The van der Waals surface area contributed by atoms with Crippen LogP contribution in [0.4, 0.5) is 8.78 Å². The predicted molar refractivity (Wildman–Crippen MR) is 81.8 cm³/mol. The Morgan fingerprint density at radius 3 is 2.70 bits per heavy atom. The normalized spacial score (nSPS) is 17.9. The van der Waals surface area contributed by atoms with Gasteiger partial charge in [-0.25, -0.2) is 8.78 Å². The average Bonchev–Trinajstić information content (AvgIpc) is 3.02. The summed E-state index contributed by atoms with van der Waals surface area (Å²) in [5.41, 5.74) is 0.818. The quantitative estimate of drug-likeness (QED) is 0.832. The minimum Gasteiger partial charge on any atom is -0.330 e. The van der Waals surface area contributed by atoms with Crippen LogP contribution in [0.1, 0.15) is 25.7 Å². The Hall–Kier alpha value is -0.880. The predicted octanol–water partition coefficient (Wildman–Crippen LogP) is 4.65. The molecule has 1 aliphatic carbocycles. The SMILES string of the molecule is CSC1(Cn2c(=S)[nH]c3ccc(F)c(F)c32)CCCC1. The lowest BCUT2D eigenvalue weighted by molar-refractivity contribution is 0.488. The second kappa shape index (κ2) is 5.15. The van der Waals surface area contributed by atoms with Gasteiger partial charge in [-0.05, 0) is 43.4 Å². The molecule has 0 atom stereocenters. The molecule has 2 nitrogen and oxygen atoms in total. The second-order valence-electron chi connectivity index (χ2n) is 5.37. The van der Waals surface area contributed by atoms with Gasteiger partial charge in [0.05, 0.1) is 5.52 Å². The highest BCUT2D eigenvalue weighted by molar-refractivity contribution is 8.00. The summed E-state index contributed by atoms with van der Waals surface area (Å²) >= 11 is 7.11. The molecule has 0 saturated heterocycles. The molecule has 6 heteroatoms. The number of aromatic amines is 1. The zero-order valence-corrected chi connectivity index (χ0v) is 12.8. The zero-order chi connectivity index (χ0) is 14.3. The van der Waals surface area contributed by atoms with Crippen LogP contribution in [0, 0.1) is 16.4 Å². The van der Waals surface area contributed by atoms with Gasteiger partial charge in [-0.15, -0.1) is 0 Å². The third-order valence-corrected chi connectivity index (χ3v) is 5.95. The Morgan fingerprint density at radius 1 is 1.35 bits per heavy atom. The molecule has 0 amide bonds. The summed E-state index contributed by atoms with van der Waals surface area (Å²) in [5.74, 6) is -1.64. The van der Waals surface area contributed by atoms with E-state index in [1.807, 2.05) is 11.8 Å². The van der Waals surface area contributed by atoms with E-state index in [0.717, 1.165) is 18.9 Å². The first-order chi connectivity index (χ1) is 9.56. The van der Waals surface area contributed by atoms with Gasteiger partial charge in [-0.1, -0.05) is 12.8 Å². The molecule has 1 aliphatic rings. The van der Waals surface area contributed by atoms with E-state index in [1.165, 1.54) is 12.8 Å².